The second kappa shape index (κ2) is 10.1. The number of carbonyl (C=O) groups is 1. The number of benzene rings is 1. The molecule has 1 amide bonds. The number of fused-ring (bicyclic) bond motifs is 1. The molecule has 1 aliphatic rings. The van der Waals surface area contributed by atoms with Crippen LogP contribution in [0.5, 0.6) is 0 Å². The molecule has 3 heterocycles. The molecule has 1 fully saturated rings. The van der Waals surface area contributed by atoms with E-state index in [1.54, 1.807) is 28.6 Å². The molecule has 0 unspecified atom stereocenters. The number of anilines is 1. The van der Waals surface area contributed by atoms with E-state index < -0.39 is 11.7 Å². The molecule has 0 atom stereocenters. The molecule has 1 N–H and O–H groups in total. The van der Waals surface area contributed by atoms with Crippen molar-refractivity contribution >= 4 is 34.5 Å². The minimum absolute atomic E-state index is 0.0424. The molecular weight excluding hydrogens is 415 g/mol. The van der Waals surface area contributed by atoms with Gasteiger partial charge in [-0.15, -0.1) is 0 Å². The largest absolute Gasteiger partial charge is 0.356 e. The molecular formula is C22H27FN6OS. The first-order chi connectivity index (χ1) is 15.2. The highest BCUT2D eigenvalue weighted by Crippen LogP contribution is 2.29. The van der Waals surface area contributed by atoms with Crippen molar-refractivity contribution in [1.29, 1.82) is 0 Å². The van der Waals surface area contributed by atoms with E-state index in [0.717, 1.165) is 47.3 Å². The number of hydrogen-bond donors (Lipinski definition) is 1. The van der Waals surface area contributed by atoms with Gasteiger partial charge in [0.25, 0.3) is 5.91 Å². The van der Waals surface area contributed by atoms with E-state index in [2.05, 4.69) is 22.2 Å². The van der Waals surface area contributed by atoms with Crippen molar-refractivity contribution in [2.45, 2.75) is 44.3 Å². The lowest BCUT2D eigenvalue weighted by molar-refractivity contribution is 0.0948. The summed E-state index contributed by atoms with van der Waals surface area (Å²) in [7, 11) is 0. The first-order valence-electron chi connectivity index (χ1n) is 10.8. The van der Waals surface area contributed by atoms with Crippen molar-refractivity contribution in [3.05, 3.63) is 41.8 Å². The Labute approximate surface area is 185 Å². The minimum Gasteiger partial charge on any atom is -0.356 e. The monoisotopic (exact) mass is 442 g/mol. The van der Waals surface area contributed by atoms with E-state index in [1.165, 1.54) is 31.4 Å². The Morgan fingerprint density at radius 3 is 2.77 bits per heavy atom. The van der Waals surface area contributed by atoms with Crippen molar-refractivity contribution in [3.8, 4) is 0 Å². The molecule has 1 aromatic carbocycles. The first-order valence-corrected chi connectivity index (χ1v) is 11.8. The van der Waals surface area contributed by atoms with E-state index in [1.807, 2.05) is 6.20 Å². The summed E-state index contributed by atoms with van der Waals surface area (Å²) in [5, 5.41) is 8.97. The zero-order valence-electron chi connectivity index (χ0n) is 17.7. The van der Waals surface area contributed by atoms with Crippen LogP contribution < -0.4 is 10.2 Å². The molecule has 164 valence electrons. The Morgan fingerprint density at radius 2 is 2.00 bits per heavy atom. The summed E-state index contributed by atoms with van der Waals surface area (Å²) in [5.41, 5.74) is 0.815. The number of halogens is 1. The van der Waals surface area contributed by atoms with Crippen LogP contribution in [0.1, 0.15) is 43.0 Å². The number of piperidine rings is 1. The van der Waals surface area contributed by atoms with Crippen LogP contribution in [0.2, 0.25) is 0 Å². The Hall–Kier alpha value is -2.68. The molecule has 31 heavy (non-hydrogen) atoms. The molecule has 0 spiro atoms. The lowest BCUT2D eigenvalue weighted by atomic mass is 10.1. The second-order valence-corrected chi connectivity index (χ2v) is 8.63. The van der Waals surface area contributed by atoms with Crippen LogP contribution in [-0.2, 0) is 6.54 Å². The van der Waals surface area contributed by atoms with Crippen molar-refractivity contribution < 1.29 is 9.18 Å². The van der Waals surface area contributed by atoms with Gasteiger partial charge in [-0.3, -0.25) is 4.79 Å². The number of aromatic nitrogens is 4. The van der Waals surface area contributed by atoms with E-state index in [0.29, 0.717) is 13.1 Å². The van der Waals surface area contributed by atoms with Gasteiger partial charge in [0.2, 0.25) is 0 Å². The number of carbonyl (C=O) groups excluding carboxylic acids is 1. The Bertz CT molecular complexity index is 1050. The maximum absolute atomic E-state index is 13.8. The Kier molecular flexibility index (Phi) is 7.01. The van der Waals surface area contributed by atoms with Gasteiger partial charge in [-0.1, -0.05) is 30.8 Å². The lowest BCUT2D eigenvalue weighted by Gasteiger charge is -2.28. The van der Waals surface area contributed by atoms with Crippen LogP contribution in [0.25, 0.3) is 11.0 Å². The van der Waals surface area contributed by atoms with Gasteiger partial charge in [-0.25, -0.2) is 19.0 Å². The molecule has 0 radical (unpaired) electrons. The minimum atomic E-state index is -0.527. The van der Waals surface area contributed by atoms with Crippen LogP contribution >= 0.6 is 11.8 Å². The lowest BCUT2D eigenvalue weighted by Crippen LogP contribution is -2.30. The summed E-state index contributed by atoms with van der Waals surface area (Å²) in [6.45, 7) is 4.89. The summed E-state index contributed by atoms with van der Waals surface area (Å²) in [4.78, 5) is 24.2. The summed E-state index contributed by atoms with van der Waals surface area (Å²) in [5.74, 6) is 0.945. The van der Waals surface area contributed by atoms with Crippen LogP contribution in [0.15, 0.2) is 35.6 Å². The molecule has 0 aliphatic carbocycles. The van der Waals surface area contributed by atoms with Gasteiger partial charge in [0.05, 0.1) is 23.7 Å². The first kappa shape index (κ1) is 21.5. The zero-order valence-corrected chi connectivity index (χ0v) is 18.5. The van der Waals surface area contributed by atoms with Crippen molar-refractivity contribution in [1.82, 2.24) is 25.1 Å². The van der Waals surface area contributed by atoms with E-state index in [4.69, 9.17) is 9.97 Å². The predicted octanol–water partition coefficient (Wildman–Crippen LogP) is 3.89. The van der Waals surface area contributed by atoms with E-state index in [-0.39, 0.29) is 5.56 Å². The number of thioether (sulfide) groups is 1. The molecule has 2 aromatic heterocycles. The maximum atomic E-state index is 13.8. The predicted molar refractivity (Wildman–Crippen MR) is 121 cm³/mol. The second-order valence-electron chi connectivity index (χ2n) is 7.57. The highest BCUT2D eigenvalue weighted by atomic mass is 32.2. The number of rotatable bonds is 8. The fourth-order valence-corrected chi connectivity index (χ4v) is 4.39. The highest BCUT2D eigenvalue weighted by Gasteiger charge is 2.20. The maximum Gasteiger partial charge on any atom is 0.254 e. The van der Waals surface area contributed by atoms with E-state index >= 15 is 0 Å². The van der Waals surface area contributed by atoms with Gasteiger partial charge in [-0.05, 0) is 37.8 Å². The molecule has 1 aliphatic heterocycles. The molecule has 9 heteroatoms. The van der Waals surface area contributed by atoms with Gasteiger partial charge >= 0.3 is 0 Å². The quantitative estimate of drug-likeness (QED) is 0.421. The summed E-state index contributed by atoms with van der Waals surface area (Å²) < 4.78 is 15.6. The van der Waals surface area contributed by atoms with Gasteiger partial charge in [0, 0.05) is 25.4 Å². The van der Waals surface area contributed by atoms with Crippen LogP contribution in [-0.4, -0.2) is 51.0 Å². The summed E-state index contributed by atoms with van der Waals surface area (Å²) in [6.07, 6.45) is 6.44. The molecule has 1 saturated heterocycles. The highest BCUT2D eigenvalue weighted by molar-refractivity contribution is 7.99. The van der Waals surface area contributed by atoms with Crippen LogP contribution in [0.3, 0.4) is 0 Å². The third-order valence-corrected chi connectivity index (χ3v) is 6.33. The normalized spacial score (nSPS) is 14.2. The number of nitrogens with one attached hydrogen (secondary N) is 1. The summed E-state index contributed by atoms with van der Waals surface area (Å²) in [6, 6.07) is 5.97. The number of amides is 1. The van der Waals surface area contributed by atoms with E-state index in [9.17, 15) is 9.18 Å². The molecule has 0 saturated carbocycles. The van der Waals surface area contributed by atoms with Gasteiger partial charge in [0.15, 0.2) is 10.8 Å². The van der Waals surface area contributed by atoms with Gasteiger partial charge in [0.1, 0.15) is 11.6 Å². The topological polar surface area (TPSA) is 75.9 Å². The Morgan fingerprint density at radius 1 is 1.19 bits per heavy atom. The molecule has 3 aromatic rings. The molecule has 0 bridgehead atoms. The molecule has 7 nitrogen and oxygen atoms in total. The number of nitrogens with zero attached hydrogens (tertiary/aromatic N) is 5. The Balaban J connectivity index is 1.53. The van der Waals surface area contributed by atoms with Crippen LogP contribution in [0.4, 0.5) is 10.2 Å². The standard InChI is InChI=1S/C22H27FN6OS/c1-2-14-31-22-26-19(28-11-6-3-7-12-28)17-15-25-29(20(17)27-22)13-10-24-21(30)16-8-4-5-9-18(16)23/h4-5,8-9,15H,2-3,6-7,10-14H2,1H3,(H,24,30). The van der Waals surface area contributed by atoms with Crippen LogP contribution in [0, 0.1) is 5.82 Å². The average Bonchev–Trinajstić information content (AvgIpc) is 3.21. The SMILES string of the molecule is CCCSc1nc(N2CCCCC2)c2cnn(CCNC(=O)c3ccccc3F)c2n1. The van der Waals surface area contributed by atoms with Crippen molar-refractivity contribution in [2.24, 2.45) is 0 Å². The smallest absolute Gasteiger partial charge is 0.254 e. The van der Waals surface area contributed by atoms with Crippen molar-refractivity contribution in [2.75, 3.05) is 30.3 Å². The zero-order chi connectivity index (χ0) is 21.6. The van der Waals surface area contributed by atoms with Crippen molar-refractivity contribution in [3.63, 3.8) is 0 Å². The fourth-order valence-electron chi connectivity index (χ4n) is 3.71. The third-order valence-electron chi connectivity index (χ3n) is 5.27. The number of hydrogen-bond acceptors (Lipinski definition) is 6. The average molecular weight is 443 g/mol. The fraction of sp³-hybridized carbons (Fsp3) is 0.455. The molecule has 4 rings (SSSR count). The van der Waals surface area contributed by atoms with Gasteiger partial charge < -0.3 is 10.2 Å². The third kappa shape index (κ3) is 4.98. The van der Waals surface area contributed by atoms with Gasteiger partial charge in [-0.2, -0.15) is 5.10 Å². The summed E-state index contributed by atoms with van der Waals surface area (Å²) >= 11 is 1.65.